The van der Waals surface area contributed by atoms with E-state index in [2.05, 4.69) is 22.5 Å². The topological polar surface area (TPSA) is 57.6 Å². The van der Waals surface area contributed by atoms with Crippen LogP contribution in [0.15, 0.2) is 59.6 Å². The molecule has 1 atom stereocenters. The van der Waals surface area contributed by atoms with Gasteiger partial charge in [0.05, 0.1) is 12.1 Å². The predicted molar refractivity (Wildman–Crippen MR) is 101 cm³/mol. The fourth-order valence-corrected chi connectivity index (χ4v) is 3.41. The Morgan fingerprint density at radius 3 is 2.60 bits per heavy atom. The molecule has 1 aliphatic rings. The van der Waals surface area contributed by atoms with Crippen LogP contribution in [0.3, 0.4) is 0 Å². The van der Waals surface area contributed by atoms with Crippen molar-refractivity contribution in [3.63, 3.8) is 0 Å². The summed E-state index contributed by atoms with van der Waals surface area (Å²) < 4.78 is 0.842. The number of fused-ring (bicyclic) bond motifs is 1. The summed E-state index contributed by atoms with van der Waals surface area (Å²) in [6.07, 6.45) is 1.22. The zero-order chi connectivity index (χ0) is 18.2. The lowest BCUT2D eigenvalue weighted by molar-refractivity contribution is -0.135. The molecule has 128 valence electrons. The van der Waals surface area contributed by atoms with Gasteiger partial charge < -0.3 is 10.0 Å². The lowest BCUT2D eigenvalue weighted by atomic mass is 9.88. The van der Waals surface area contributed by atoms with Crippen LogP contribution in [0, 0.1) is 0 Å². The van der Waals surface area contributed by atoms with Gasteiger partial charge in [-0.05, 0) is 30.3 Å². The average Bonchev–Trinajstić information content (AvgIpc) is 2.77. The molecule has 1 aliphatic heterocycles. The minimum absolute atomic E-state index is 0.238. The van der Waals surface area contributed by atoms with Crippen molar-refractivity contribution in [1.29, 1.82) is 0 Å². The summed E-state index contributed by atoms with van der Waals surface area (Å²) >= 11 is 9.35. The molecule has 1 amide bonds. The van der Waals surface area contributed by atoms with E-state index >= 15 is 0 Å². The third kappa shape index (κ3) is 3.15. The Hall–Kier alpha value is -1.95. The van der Waals surface area contributed by atoms with E-state index in [9.17, 15) is 14.7 Å². The molecule has 0 radical (unpaired) electrons. The number of carbonyl (C=O) groups is 2. The van der Waals surface area contributed by atoms with Gasteiger partial charge in [-0.2, -0.15) is 0 Å². The van der Waals surface area contributed by atoms with Gasteiger partial charge in [0.2, 0.25) is 0 Å². The Labute approximate surface area is 158 Å². The summed E-state index contributed by atoms with van der Waals surface area (Å²) in [6.45, 7) is 3.88. The van der Waals surface area contributed by atoms with Crippen LogP contribution < -0.4 is 4.90 Å². The van der Waals surface area contributed by atoms with E-state index in [1.165, 1.54) is 11.0 Å². The van der Waals surface area contributed by atoms with Crippen LogP contribution in [0.5, 0.6) is 0 Å². The predicted octanol–water partition coefficient (Wildman–Crippen LogP) is 4.10. The monoisotopic (exact) mass is 419 g/mol. The first-order valence-electron chi connectivity index (χ1n) is 7.61. The minimum Gasteiger partial charge on any atom is -0.375 e. The molecule has 0 bridgehead atoms. The van der Waals surface area contributed by atoms with Gasteiger partial charge in [0.1, 0.15) is 0 Å². The summed E-state index contributed by atoms with van der Waals surface area (Å²) in [7, 11) is 0. The van der Waals surface area contributed by atoms with Crippen molar-refractivity contribution in [1.82, 2.24) is 0 Å². The van der Waals surface area contributed by atoms with Crippen LogP contribution in [-0.4, -0.2) is 23.3 Å². The molecular weight excluding hydrogens is 406 g/mol. The minimum atomic E-state index is -1.94. The Bertz CT molecular complexity index is 865. The van der Waals surface area contributed by atoms with Crippen molar-refractivity contribution in [2.45, 2.75) is 12.0 Å². The normalized spacial score (nSPS) is 19.0. The number of nitrogens with zero attached hydrogens (tertiary/aromatic N) is 1. The first kappa shape index (κ1) is 17.9. The third-order valence-corrected chi connectivity index (χ3v) is 4.95. The molecule has 4 nitrogen and oxygen atoms in total. The third-order valence-electron chi connectivity index (χ3n) is 4.19. The molecule has 1 N–H and O–H groups in total. The zero-order valence-corrected chi connectivity index (χ0v) is 15.5. The highest BCUT2D eigenvalue weighted by molar-refractivity contribution is 9.10. The summed E-state index contributed by atoms with van der Waals surface area (Å²) in [5.74, 6) is -0.871. The largest absolute Gasteiger partial charge is 0.375 e. The van der Waals surface area contributed by atoms with Crippen LogP contribution in [-0.2, 0) is 10.4 Å². The lowest BCUT2D eigenvalue weighted by Gasteiger charge is -2.22. The number of halogens is 2. The van der Waals surface area contributed by atoms with Gasteiger partial charge in [-0.1, -0.05) is 45.7 Å². The molecule has 0 saturated heterocycles. The molecule has 2 aromatic rings. The molecule has 25 heavy (non-hydrogen) atoms. The van der Waals surface area contributed by atoms with Crippen molar-refractivity contribution in [2.24, 2.45) is 0 Å². The highest BCUT2D eigenvalue weighted by Gasteiger charge is 2.50. The Balaban J connectivity index is 2.00. The number of anilines is 1. The molecule has 2 aromatic carbocycles. The first-order valence-corrected chi connectivity index (χ1v) is 8.78. The number of Topliss-reactive ketones (excluding diaryl/α,β-unsaturated/α-hetero) is 1. The second-order valence-corrected chi connectivity index (χ2v) is 7.19. The van der Waals surface area contributed by atoms with Crippen LogP contribution in [0.25, 0.3) is 0 Å². The second-order valence-electron chi connectivity index (χ2n) is 5.83. The van der Waals surface area contributed by atoms with Gasteiger partial charge in [0.25, 0.3) is 5.91 Å². The molecule has 0 spiro atoms. The Morgan fingerprint density at radius 2 is 1.96 bits per heavy atom. The smallest absolute Gasteiger partial charge is 0.264 e. The van der Waals surface area contributed by atoms with E-state index in [1.54, 1.807) is 42.5 Å². The van der Waals surface area contributed by atoms with Gasteiger partial charge >= 0.3 is 0 Å². The van der Waals surface area contributed by atoms with Crippen molar-refractivity contribution < 1.29 is 14.7 Å². The maximum Gasteiger partial charge on any atom is 0.264 e. The maximum absolute atomic E-state index is 12.8. The van der Waals surface area contributed by atoms with E-state index in [-0.39, 0.29) is 18.7 Å². The number of ketones is 1. The van der Waals surface area contributed by atoms with Crippen LogP contribution in [0.2, 0.25) is 5.02 Å². The van der Waals surface area contributed by atoms with E-state index in [0.29, 0.717) is 21.8 Å². The van der Waals surface area contributed by atoms with Crippen molar-refractivity contribution >= 4 is 44.9 Å². The Morgan fingerprint density at radius 1 is 1.28 bits per heavy atom. The zero-order valence-electron chi connectivity index (χ0n) is 13.2. The standard InChI is InChI=1S/C19H15BrClNO3/c1-2-9-22-16-8-7-14(21)10-15(16)19(25,18(22)24)11-17(23)12-3-5-13(20)6-4-12/h2-8,10,25H,1,9,11H2/t19-/m1/s1. The molecule has 0 unspecified atom stereocenters. The first-order chi connectivity index (χ1) is 11.9. The van der Waals surface area contributed by atoms with E-state index in [4.69, 9.17) is 11.6 Å². The van der Waals surface area contributed by atoms with E-state index < -0.39 is 11.5 Å². The number of amides is 1. The molecule has 3 rings (SSSR count). The van der Waals surface area contributed by atoms with Gasteiger partial charge in [-0.3, -0.25) is 9.59 Å². The van der Waals surface area contributed by atoms with Crippen molar-refractivity contribution in [2.75, 3.05) is 11.4 Å². The molecule has 0 saturated carbocycles. The molecule has 6 heteroatoms. The molecule has 0 aliphatic carbocycles. The number of carbonyl (C=O) groups excluding carboxylic acids is 2. The fraction of sp³-hybridized carbons (Fsp3) is 0.158. The lowest BCUT2D eigenvalue weighted by Crippen LogP contribution is -2.41. The van der Waals surface area contributed by atoms with Crippen molar-refractivity contribution in [3.05, 3.63) is 75.7 Å². The summed E-state index contributed by atoms with van der Waals surface area (Å²) in [6, 6.07) is 11.6. The van der Waals surface area contributed by atoms with Gasteiger partial charge in [0.15, 0.2) is 11.4 Å². The van der Waals surface area contributed by atoms with E-state index in [1.807, 2.05) is 0 Å². The number of hydrogen-bond acceptors (Lipinski definition) is 3. The fourth-order valence-electron chi connectivity index (χ4n) is 2.97. The van der Waals surface area contributed by atoms with Gasteiger partial charge in [-0.15, -0.1) is 6.58 Å². The Kier molecular flexibility index (Phi) is 4.82. The van der Waals surface area contributed by atoms with Crippen LogP contribution >= 0.6 is 27.5 Å². The number of rotatable bonds is 5. The SMILES string of the molecule is C=CCN1C(=O)[C@@](O)(CC(=O)c2ccc(Br)cc2)c2cc(Cl)ccc21. The van der Waals surface area contributed by atoms with Crippen LogP contribution in [0.1, 0.15) is 22.3 Å². The second kappa shape index (κ2) is 6.75. The number of hydrogen-bond donors (Lipinski definition) is 1. The molecule has 0 fully saturated rings. The molecule has 1 heterocycles. The number of benzene rings is 2. The van der Waals surface area contributed by atoms with Gasteiger partial charge in [0, 0.05) is 27.2 Å². The van der Waals surface area contributed by atoms with E-state index in [0.717, 1.165) is 4.47 Å². The highest BCUT2D eigenvalue weighted by atomic mass is 79.9. The summed E-state index contributed by atoms with van der Waals surface area (Å²) in [5, 5.41) is 11.5. The quantitative estimate of drug-likeness (QED) is 0.585. The maximum atomic E-state index is 12.8. The number of aliphatic hydroxyl groups is 1. The summed E-state index contributed by atoms with van der Waals surface area (Å²) in [4.78, 5) is 26.9. The van der Waals surface area contributed by atoms with Crippen LogP contribution in [0.4, 0.5) is 5.69 Å². The van der Waals surface area contributed by atoms with Gasteiger partial charge in [-0.25, -0.2) is 0 Å². The summed E-state index contributed by atoms with van der Waals surface area (Å²) in [5.41, 5.74) is -0.624. The molecular formula is C19H15BrClNO3. The highest BCUT2D eigenvalue weighted by Crippen LogP contribution is 2.44. The van der Waals surface area contributed by atoms with Crippen molar-refractivity contribution in [3.8, 4) is 0 Å². The average molecular weight is 421 g/mol. The molecule has 0 aromatic heterocycles.